The summed E-state index contributed by atoms with van der Waals surface area (Å²) >= 11 is 0. The SMILES string of the molecule is CN1C(=O)CC[C@H]1C(=O)NCc1ccccc1. The molecule has 4 nitrogen and oxygen atoms in total. The average molecular weight is 232 g/mol. The zero-order valence-corrected chi connectivity index (χ0v) is 9.85. The van der Waals surface area contributed by atoms with Crippen LogP contribution >= 0.6 is 0 Å². The van der Waals surface area contributed by atoms with Crippen molar-refractivity contribution in [1.82, 2.24) is 10.2 Å². The molecule has 0 radical (unpaired) electrons. The molecule has 1 heterocycles. The monoisotopic (exact) mass is 232 g/mol. The van der Waals surface area contributed by atoms with E-state index in [4.69, 9.17) is 0 Å². The average Bonchev–Trinajstić information content (AvgIpc) is 2.69. The van der Waals surface area contributed by atoms with Gasteiger partial charge >= 0.3 is 0 Å². The van der Waals surface area contributed by atoms with Gasteiger partial charge in [0.2, 0.25) is 11.8 Å². The number of likely N-dealkylation sites (N-methyl/N-ethyl adjacent to an activating group) is 1. The van der Waals surface area contributed by atoms with Gasteiger partial charge in [0.05, 0.1) is 0 Å². The fraction of sp³-hybridized carbons (Fsp3) is 0.385. The molecule has 1 aliphatic rings. The molecule has 4 heteroatoms. The molecule has 0 aromatic heterocycles. The number of hydrogen-bond acceptors (Lipinski definition) is 2. The van der Waals surface area contributed by atoms with Crippen LogP contribution in [0.3, 0.4) is 0 Å². The second-order valence-corrected chi connectivity index (χ2v) is 4.26. The summed E-state index contributed by atoms with van der Waals surface area (Å²) in [7, 11) is 1.68. The van der Waals surface area contributed by atoms with Crippen molar-refractivity contribution in [3.63, 3.8) is 0 Å². The van der Waals surface area contributed by atoms with Crippen LogP contribution in [0.1, 0.15) is 18.4 Å². The predicted octanol–water partition coefficient (Wildman–Crippen LogP) is 0.924. The third-order valence-electron chi connectivity index (χ3n) is 3.10. The normalized spacial score (nSPS) is 19.5. The Morgan fingerprint density at radius 2 is 2.12 bits per heavy atom. The first-order valence-electron chi connectivity index (χ1n) is 5.76. The van der Waals surface area contributed by atoms with Crippen molar-refractivity contribution in [3.8, 4) is 0 Å². The van der Waals surface area contributed by atoms with Crippen LogP contribution in [0, 0.1) is 0 Å². The maximum absolute atomic E-state index is 11.9. The van der Waals surface area contributed by atoms with Crippen molar-refractivity contribution in [2.75, 3.05) is 7.05 Å². The van der Waals surface area contributed by atoms with E-state index in [1.165, 1.54) is 4.90 Å². The first-order chi connectivity index (χ1) is 8.18. The molecule has 0 spiro atoms. The van der Waals surface area contributed by atoms with Crippen LogP contribution in [0.15, 0.2) is 30.3 Å². The van der Waals surface area contributed by atoms with Crippen LogP contribution in [-0.4, -0.2) is 29.8 Å². The smallest absolute Gasteiger partial charge is 0.243 e. The molecule has 1 aromatic carbocycles. The molecule has 90 valence electrons. The number of nitrogens with one attached hydrogen (secondary N) is 1. The van der Waals surface area contributed by atoms with Gasteiger partial charge in [0.1, 0.15) is 6.04 Å². The zero-order valence-electron chi connectivity index (χ0n) is 9.85. The summed E-state index contributed by atoms with van der Waals surface area (Å²) in [6.45, 7) is 0.512. The molecule has 1 saturated heterocycles. The van der Waals surface area contributed by atoms with Gasteiger partial charge in [-0.05, 0) is 12.0 Å². The molecule has 1 aromatic rings. The van der Waals surface area contributed by atoms with Crippen molar-refractivity contribution < 1.29 is 9.59 Å². The maximum atomic E-state index is 11.9. The summed E-state index contributed by atoms with van der Waals surface area (Å²) in [4.78, 5) is 24.7. The van der Waals surface area contributed by atoms with E-state index < -0.39 is 0 Å². The highest BCUT2D eigenvalue weighted by Gasteiger charge is 2.32. The molecule has 0 aliphatic carbocycles. The number of rotatable bonds is 3. The Balaban J connectivity index is 1.88. The fourth-order valence-corrected chi connectivity index (χ4v) is 2.01. The summed E-state index contributed by atoms with van der Waals surface area (Å²) in [6, 6.07) is 9.44. The van der Waals surface area contributed by atoms with E-state index in [9.17, 15) is 9.59 Å². The van der Waals surface area contributed by atoms with Gasteiger partial charge in [0.25, 0.3) is 0 Å². The molecule has 2 rings (SSSR count). The van der Waals surface area contributed by atoms with Crippen LogP contribution in [0.25, 0.3) is 0 Å². The van der Waals surface area contributed by atoms with Gasteiger partial charge in [-0.25, -0.2) is 0 Å². The largest absolute Gasteiger partial charge is 0.350 e. The highest BCUT2D eigenvalue weighted by Crippen LogP contribution is 2.16. The number of benzene rings is 1. The molecule has 0 bridgehead atoms. The summed E-state index contributed by atoms with van der Waals surface area (Å²) < 4.78 is 0. The standard InChI is InChI=1S/C13H16N2O2/c1-15-11(7-8-12(15)16)13(17)14-9-10-5-3-2-4-6-10/h2-6,11H,7-9H2,1H3,(H,14,17)/t11-/m0/s1. The van der Waals surface area contributed by atoms with Gasteiger partial charge < -0.3 is 10.2 Å². The highest BCUT2D eigenvalue weighted by molar-refractivity contribution is 5.90. The van der Waals surface area contributed by atoms with Gasteiger partial charge in [-0.1, -0.05) is 30.3 Å². The van der Waals surface area contributed by atoms with Crippen molar-refractivity contribution in [2.45, 2.75) is 25.4 Å². The number of carbonyl (C=O) groups is 2. The number of likely N-dealkylation sites (tertiary alicyclic amines) is 1. The lowest BCUT2D eigenvalue weighted by Gasteiger charge is -2.19. The van der Waals surface area contributed by atoms with Gasteiger partial charge in [0.15, 0.2) is 0 Å². The van der Waals surface area contributed by atoms with Crippen LogP contribution in [-0.2, 0) is 16.1 Å². The molecule has 1 N–H and O–H groups in total. The predicted molar refractivity (Wildman–Crippen MR) is 64.1 cm³/mol. The minimum atomic E-state index is -0.300. The molecule has 17 heavy (non-hydrogen) atoms. The third-order valence-corrected chi connectivity index (χ3v) is 3.10. The van der Waals surface area contributed by atoms with Gasteiger partial charge in [-0.15, -0.1) is 0 Å². The highest BCUT2D eigenvalue weighted by atomic mass is 16.2. The van der Waals surface area contributed by atoms with Crippen molar-refractivity contribution in [1.29, 1.82) is 0 Å². The van der Waals surface area contributed by atoms with Crippen LogP contribution in [0.2, 0.25) is 0 Å². The number of nitrogens with zero attached hydrogens (tertiary/aromatic N) is 1. The molecule has 1 aliphatic heterocycles. The topological polar surface area (TPSA) is 49.4 Å². The maximum Gasteiger partial charge on any atom is 0.243 e. The summed E-state index contributed by atoms with van der Waals surface area (Å²) in [5.41, 5.74) is 1.06. The molecule has 1 atom stereocenters. The molecule has 0 saturated carbocycles. The summed E-state index contributed by atoms with van der Waals surface area (Å²) in [5, 5.41) is 2.86. The Hall–Kier alpha value is -1.84. The number of hydrogen-bond donors (Lipinski definition) is 1. The first-order valence-corrected chi connectivity index (χ1v) is 5.76. The molecule has 0 unspecified atom stereocenters. The summed E-state index contributed by atoms with van der Waals surface area (Å²) in [6.07, 6.45) is 1.09. The Morgan fingerprint density at radius 3 is 2.71 bits per heavy atom. The Morgan fingerprint density at radius 1 is 1.41 bits per heavy atom. The minimum absolute atomic E-state index is 0.0462. The Kier molecular flexibility index (Phi) is 3.42. The molecule has 1 fully saturated rings. The lowest BCUT2D eigenvalue weighted by Crippen LogP contribution is -2.42. The third kappa shape index (κ3) is 2.64. The van der Waals surface area contributed by atoms with Crippen molar-refractivity contribution >= 4 is 11.8 Å². The van der Waals surface area contributed by atoms with Crippen molar-refractivity contribution in [2.24, 2.45) is 0 Å². The lowest BCUT2D eigenvalue weighted by molar-refractivity contribution is -0.133. The van der Waals surface area contributed by atoms with E-state index in [-0.39, 0.29) is 17.9 Å². The van der Waals surface area contributed by atoms with E-state index in [2.05, 4.69) is 5.32 Å². The van der Waals surface area contributed by atoms with Gasteiger partial charge in [-0.3, -0.25) is 9.59 Å². The molecular weight excluding hydrogens is 216 g/mol. The van der Waals surface area contributed by atoms with E-state index in [1.54, 1.807) is 7.05 Å². The van der Waals surface area contributed by atoms with Gasteiger partial charge in [-0.2, -0.15) is 0 Å². The number of amides is 2. The van der Waals surface area contributed by atoms with Crippen LogP contribution in [0.4, 0.5) is 0 Å². The van der Waals surface area contributed by atoms with E-state index in [0.29, 0.717) is 19.4 Å². The van der Waals surface area contributed by atoms with Crippen molar-refractivity contribution in [3.05, 3.63) is 35.9 Å². The lowest BCUT2D eigenvalue weighted by atomic mass is 10.2. The first kappa shape index (κ1) is 11.6. The second kappa shape index (κ2) is 4.99. The van der Waals surface area contributed by atoms with E-state index in [0.717, 1.165) is 5.56 Å². The fourth-order valence-electron chi connectivity index (χ4n) is 2.01. The van der Waals surface area contributed by atoms with Crippen LogP contribution in [0.5, 0.6) is 0 Å². The minimum Gasteiger partial charge on any atom is -0.350 e. The molecular formula is C13H16N2O2. The quantitative estimate of drug-likeness (QED) is 0.842. The number of carbonyl (C=O) groups excluding carboxylic acids is 2. The zero-order chi connectivity index (χ0) is 12.3. The second-order valence-electron chi connectivity index (χ2n) is 4.26. The Labute approximate surface area is 101 Å². The van der Waals surface area contributed by atoms with Crippen LogP contribution < -0.4 is 5.32 Å². The Bertz CT molecular complexity index is 417. The van der Waals surface area contributed by atoms with E-state index >= 15 is 0 Å². The van der Waals surface area contributed by atoms with Gasteiger partial charge in [0, 0.05) is 20.0 Å². The summed E-state index contributed by atoms with van der Waals surface area (Å²) in [5.74, 6) is -0.0212. The molecule has 2 amide bonds. The van der Waals surface area contributed by atoms with E-state index in [1.807, 2.05) is 30.3 Å².